The molecule has 0 aliphatic heterocycles. The summed E-state index contributed by atoms with van der Waals surface area (Å²) in [5.74, 6) is -0.446. The first-order chi connectivity index (χ1) is 9.04. The van der Waals surface area contributed by atoms with Crippen LogP contribution in [-0.2, 0) is 4.79 Å². The van der Waals surface area contributed by atoms with Gasteiger partial charge in [0, 0.05) is 12.6 Å². The molecule has 0 spiro atoms. The molecule has 1 aromatic heterocycles. The molecule has 0 bridgehead atoms. The Bertz CT molecular complexity index is 605. The average molecular weight is 275 g/mol. The maximum atomic E-state index is 11.9. The van der Waals surface area contributed by atoms with Crippen LogP contribution in [0.3, 0.4) is 0 Å². The number of hydrogen-bond acceptors (Lipinski definition) is 4. The van der Waals surface area contributed by atoms with Crippen molar-refractivity contribution in [3.05, 3.63) is 40.9 Å². The highest BCUT2D eigenvalue weighted by atomic mass is 32.1. The Kier molecular flexibility index (Phi) is 3.91. The number of benzene rings is 1. The van der Waals surface area contributed by atoms with Crippen LogP contribution < -0.4 is 10.6 Å². The lowest BCUT2D eigenvalue weighted by Crippen LogP contribution is -2.10. The molecule has 1 aromatic carbocycles. The maximum absolute atomic E-state index is 11.9. The molecular weight excluding hydrogens is 262 g/mol. The highest BCUT2D eigenvalue weighted by Gasteiger charge is 2.11. The number of hydrogen-bond donors (Lipinski definition) is 2. The lowest BCUT2D eigenvalue weighted by Gasteiger charge is -2.03. The molecule has 1 heterocycles. The second-order valence-electron chi connectivity index (χ2n) is 4.03. The predicted molar refractivity (Wildman–Crippen MR) is 75.5 cm³/mol. The van der Waals surface area contributed by atoms with Gasteiger partial charge in [0.1, 0.15) is 4.88 Å². The Morgan fingerprint density at radius 1 is 1.16 bits per heavy atom. The molecule has 0 fully saturated rings. The third-order valence-electron chi connectivity index (χ3n) is 2.32. The van der Waals surface area contributed by atoms with Crippen LogP contribution in [0.2, 0.25) is 0 Å². The Labute approximate surface area is 114 Å². The zero-order chi connectivity index (χ0) is 13.8. The van der Waals surface area contributed by atoms with E-state index in [-0.39, 0.29) is 11.8 Å². The summed E-state index contributed by atoms with van der Waals surface area (Å²) in [6, 6.07) is 7.52. The van der Waals surface area contributed by atoms with Crippen molar-refractivity contribution in [2.24, 2.45) is 0 Å². The van der Waals surface area contributed by atoms with Gasteiger partial charge in [0.15, 0.2) is 5.13 Å². The van der Waals surface area contributed by atoms with Crippen LogP contribution in [0.15, 0.2) is 30.5 Å². The van der Waals surface area contributed by atoms with E-state index in [0.29, 0.717) is 10.0 Å². The molecule has 0 radical (unpaired) electrons. The predicted octanol–water partition coefficient (Wildman–Crippen LogP) is 2.66. The van der Waals surface area contributed by atoms with E-state index in [1.165, 1.54) is 13.1 Å². The second kappa shape index (κ2) is 5.62. The first kappa shape index (κ1) is 13.2. The van der Waals surface area contributed by atoms with Gasteiger partial charge in [-0.2, -0.15) is 0 Å². The standard InChI is InChI=1S/C13H13N3O2S/c1-8-3-5-10(6-4-8)16-12(18)11-7-14-13(19-11)15-9(2)17/h3-7H,1-2H3,(H,16,18)(H,14,15,17). The van der Waals surface area contributed by atoms with Crippen LogP contribution in [-0.4, -0.2) is 16.8 Å². The number of aromatic nitrogens is 1. The van der Waals surface area contributed by atoms with Crippen LogP contribution in [0.1, 0.15) is 22.2 Å². The van der Waals surface area contributed by atoms with Gasteiger partial charge < -0.3 is 10.6 Å². The van der Waals surface area contributed by atoms with E-state index in [9.17, 15) is 9.59 Å². The lowest BCUT2D eigenvalue weighted by molar-refractivity contribution is -0.114. The van der Waals surface area contributed by atoms with Crippen molar-refractivity contribution in [2.75, 3.05) is 10.6 Å². The summed E-state index contributed by atoms with van der Waals surface area (Å²) < 4.78 is 0. The molecule has 6 heteroatoms. The van der Waals surface area contributed by atoms with E-state index in [1.54, 1.807) is 0 Å². The molecule has 0 aliphatic rings. The third-order valence-corrected chi connectivity index (χ3v) is 3.23. The molecule has 5 nitrogen and oxygen atoms in total. The van der Waals surface area contributed by atoms with E-state index < -0.39 is 0 Å². The highest BCUT2D eigenvalue weighted by Crippen LogP contribution is 2.19. The number of aryl methyl sites for hydroxylation is 1. The summed E-state index contributed by atoms with van der Waals surface area (Å²) in [6.45, 7) is 3.38. The SMILES string of the molecule is CC(=O)Nc1ncc(C(=O)Nc2ccc(C)cc2)s1. The molecule has 0 unspecified atom stereocenters. The number of rotatable bonds is 3. The van der Waals surface area contributed by atoms with Crippen LogP contribution >= 0.6 is 11.3 Å². The summed E-state index contributed by atoms with van der Waals surface area (Å²) in [4.78, 5) is 27.2. The van der Waals surface area contributed by atoms with Gasteiger partial charge in [0.2, 0.25) is 5.91 Å². The van der Waals surface area contributed by atoms with Crippen LogP contribution in [0.5, 0.6) is 0 Å². The Hall–Kier alpha value is -2.21. The Balaban J connectivity index is 2.05. The molecule has 2 N–H and O–H groups in total. The van der Waals surface area contributed by atoms with Gasteiger partial charge in [-0.1, -0.05) is 29.0 Å². The molecule has 0 aliphatic carbocycles. The lowest BCUT2D eigenvalue weighted by atomic mass is 10.2. The van der Waals surface area contributed by atoms with E-state index >= 15 is 0 Å². The molecule has 0 saturated heterocycles. The van der Waals surface area contributed by atoms with Gasteiger partial charge in [-0.15, -0.1) is 0 Å². The third kappa shape index (κ3) is 3.62. The monoisotopic (exact) mass is 275 g/mol. The molecular formula is C13H13N3O2S. The summed E-state index contributed by atoms with van der Waals surface area (Å²) in [5, 5.41) is 5.73. The van der Waals surface area contributed by atoms with Gasteiger partial charge in [-0.3, -0.25) is 9.59 Å². The minimum atomic E-state index is -0.238. The minimum Gasteiger partial charge on any atom is -0.321 e. The van der Waals surface area contributed by atoms with Crippen molar-refractivity contribution in [3.8, 4) is 0 Å². The van der Waals surface area contributed by atoms with Gasteiger partial charge in [0.25, 0.3) is 5.91 Å². The smallest absolute Gasteiger partial charge is 0.267 e. The fourth-order valence-electron chi connectivity index (χ4n) is 1.42. The molecule has 2 amide bonds. The van der Waals surface area contributed by atoms with Gasteiger partial charge in [-0.05, 0) is 19.1 Å². The van der Waals surface area contributed by atoms with Crippen molar-refractivity contribution in [2.45, 2.75) is 13.8 Å². The number of carbonyl (C=O) groups is 2. The first-order valence-electron chi connectivity index (χ1n) is 5.66. The van der Waals surface area contributed by atoms with Crippen LogP contribution in [0.4, 0.5) is 10.8 Å². The number of nitrogens with zero attached hydrogens (tertiary/aromatic N) is 1. The molecule has 0 saturated carbocycles. The van der Waals surface area contributed by atoms with Crippen LogP contribution in [0.25, 0.3) is 0 Å². The Morgan fingerprint density at radius 3 is 2.47 bits per heavy atom. The first-order valence-corrected chi connectivity index (χ1v) is 6.47. The largest absolute Gasteiger partial charge is 0.321 e. The quantitative estimate of drug-likeness (QED) is 0.904. The van der Waals surface area contributed by atoms with E-state index in [0.717, 1.165) is 22.6 Å². The molecule has 0 atom stereocenters. The fraction of sp³-hybridized carbons (Fsp3) is 0.154. The molecule has 19 heavy (non-hydrogen) atoms. The topological polar surface area (TPSA) is 71.1 Å². The summed E-state index contributed by atoms with van der Waals surface area (Å²) >= 11 is 1.14. The highest BCUT2D eigenvalue weighted by molar-refractivity contribution is 7.17. The zero-order valence-corrected chi connectivity index (χ0v) is 11.4. The fourth-order valence-corrected chi connectivity index (χ4v) is 2.17. The van der Waals surface area contributed by atoms with Crippen LogP contribution in [0, 0.1) is 6.92 Å². The van der Waals surface area contributed by atoms with Gasteiger partial charge >= 0.3 is 0 Å². The average Bonchev–Trinajstić information content (AvgIpc) is 2.80. The molecule has 98 valence electrons. The van der Waals surface area contributed by atoms with Crippen molar-refractivity contribution in [3.63, 3.8) is 0 Å². The zero-order valence-electron chi connectivity index (χ0n) is 10.6. The maximum Gasteiger partial charge on any atom is 0.267 e. The van der Waals surface area contributed by atoms with Crippen molar-refractivity contribution in [1.29, 1.82) is 0 Å². The van der Waals surface area contributed by atoms with Gasteiger partial charge in [0.05, 0.1) is 6.20 Å². The number of amides is 2. The summed E-state index contributed by atoms with van der Waals surface area (Å²) in [5.41, 5.74) is 1.86. The van der Waals surface area contributed by atoms with Crippen molar-refractivity contribution < 1.29 is 9.59 Å². The minimum absolute atomic E-state index is 0.208. The molecule has 2 rings (SSSR count). The summed E-state index contributed by atoms with van der Waals surface area (Å²) in [7, 11) is 0. The number of anilines is 2. The second-order valence-corrected chi connectivity index (χ2v) is 5.06. The van der Waals surface area contributed by atoms with E-state index in [2.05, 4.69) is 15.6 Å². The van der Waals surface area contributed by atoms with Crippen molar-refractivity contribution >= 4 is 34.0 Å². The Morgan fingerprint density at radius 2 is 1.84 bits per heavy atom. The molecule has 2 aromatic rings. The van der Waals surface area contributed by atoms with Gasteiger partial charge in [-0.25, -0.2) is 4.98 Å². The van der Waals surface area contributed by atoms with Crippen molar-refractivity contribution in [1.82, 2.24) is 4.98 Å². The number of thiazole rings is 1. The van der Waals surface area contributed by atoms with E-state index in [4.69, 9.17) is 0 Å². The summed E-state index contributed by atoms with van der Waals surface area (Å²) in [6.07, 6.45) is 1.44. The van der Waals surface area contributed by atoms with E-state index in [1.807, 2.05) is 31.2 Å². The number of carbonyl (C=O) groups excluding carboxylic acids is 2. The normalized spacial score (nSPS) is 10.0. The number of nitrogens with one attached hydrogen (secondary N) is 2.